The van der Waals surface area contributed by atoms with Crippen LogP contribution in [0.1, 0.15) is 25.0 Å². The fourth-order valence-electron chi connectivity index (χ4n) is 3.30. The Morgan fingerprint density at radius 1 is 0.647 bits per heavy atom. The van der Waals surface area contributed by atoms with E-state index >= 15 is 0 Å². The van der Waals surface area contributed by atoms with Crippen molar-refractivity contribution < 1.29 is 20.1 Å². The van der Waals surface area contributed by atoms with Crippen LogP contribution in [0.2, 0.25) is 0 Å². The van der Waals surface area contributed by atoms with Gasteiger partial charge in [-0.05, 0) is 30.3 Å². The van der Waals surface area contributed by atoms with Crippen molar-refractivity contribution in [3.05, 3.63) is 116 Å². The summed E-state index contributed by atoms with van der Waals surface area (Å²) in [7, 11) is 0. The zero-order valence-corrected chi connectivity index (χ0v) is 18.3. The van der Waals surface area contributed by atoms with Crippen LogP contribution in [-0.2, 0) is 0 Å². The van der Waals surface area contributed by atoms with E-state index in [1.165, 1.54) is 13.8 Å². The summed E-state index contributed by atoms with van der Waals surface area (Å²) in [6, 6.07) is 18.9. The summed E-state index contributed by atoms with van der Waals surface area (Å²) in [5.74, 6) is -1.07. The molecule has 0 amide bonds. The van der Waals surface area contributed by atoms with Crippen molar-refractivity contribution in [3.8, 4) is 0 Å². The molecule has 2 N–H and O–H groups in total. The van der Waals surface area contributed by atoms with Crippen LogP contribution in [0.25, 0.3) is 11.4 Å². The molecule has 0 aliphatic rings. The molecule has 3 aromatic carbocycles. The number of hydrogen-bond donors (Lipinski definition) is 2. The lowest BCUT2D eigenvalue weighted by Gasteiger charge is -2.22. The Morgan fingerprint density at radius 3 is 1.29 bits per heavy atom. The second-order valence-corrected chi connectivity index (χ2v) is 7.25. The third-order valence-corrected chi connectivity index (χ3v) is 4.84. The maximum atomic E-state index is 12.5. The molecular weight excluding hydrogens is 440 g/mol. The van der Waals surface area contributed by atoms with Gasteiger partial charge in [0.2, 0.25) is 0 Å². The quantitative estimate of drug-likeness (QED) is 0.292. The van der Waals surface area contributed by atoms with Gasteiger partial charge in [0.1, 0.15) is 0 Å². The van der Waals surface area contributed by atoms with E-state index in [0.29, 0.717) is 11.4 Å². The molecule has 0 spiro atoms. The second-order valence-electron chi connectivity index (χ2n) is 7.25. The van der Waals surface area contributed by atoms with Crippen molar-refractivity contribution in [2.75, 3.05) is 10.6 Å². The number of hydrogen-bond acceptors (Lipinski definition) is 8. The number of anilines is 2. The summed E-state index contributed by atoms with van der Waals surface area (Å²) in [5, 5.41) is 54.4. The van der Waals surface area contributed by atoms with Gasteiger partial charge >= 0.3 is 0 Å². The minimum atomic E-state index is -0.806. The van der Waals surface area contributed by atoms with Crippen LogP contribution < -0.4 is 20.8 Å². The lowest BCUT2D eigenvalue weighted by atomic mass is 9.99. The van der Waals surface area contributed by atoms with Crippen LogP contribution in [0.3, 0.4) is 0 Å². The molecule has 0 saturated heterocycles. The lowest BCUT2D eigenvalue weighted by molar-refractivity contribution is -0.394. The van der Waals surface area contributed by atoms with Gasteiger partial charge in [-0.1, -0.05) is 50.2 Å². The Balaban J connectivity index is 2.27. The van der Waals surface area contributed by atoms with E-state index in [2.05, 4.69) is 10.6 Å². The van der Waals surface area contributed by atoms with Gasteiger partial charge in [-0.3, -0.25) is 20.2 Å². The van der Waals surface area contributed by atoms with E-state index in [1.54, 1.807) is 60.7 Å². The van der Waals surface area contributed by atoms with E-state index in [-0.39, 0.29) is 22.5 Å². The number of para-hydroxylation sites is 2. The topological polar surface area (TPSA) is 156 Å². The van der Waals surface area contributed by atoms with Crippen molar-refractivity contribution in [1.29, 1.82) is 0 Å². The highest BCUT2D eigenvalue weighted by atomic mass is 16.6. The van der Waals surface area contributed by atoms with Crippen LogP contribution in [-0.4, -0.2) is 9.85 Å². The third-order valence-electron chi connectivity index (χ3n) is 4.84. The Kier molecular flexibility index (Phi) is 7.12. The number of allylic oxidation sites excluding steroid dienone is 2. The molecule has 3 rings (SSSR count). The Labute approximate surface area is 194 Å². The summed E-state index contributed by atoms with van der Waals surface area (Å²) in [6.07, 6.45) is 0. The number of nitrogens with zero attached hydrogens (tertiary/aromatic N) is 2. The fourth-order valence-corrected chi connectivity index (χ4v) is 3.30. The summed E-state index contributed by atoms with van der Waals surface area (Å²) in [5.41, 5.74) is -0.974. The average molecular weight is 460 g/mol. The van der Waals surface area contributed by atoms with Gasteiger partial charge in [-0.15, -0.1) is 11.5 Å². The van der Waals surface area contributed by atoms with Crippen molar-refractivity contribution in [2.45, 2.75) is 13.8 Å². The molecule has 0 aliphatic carbocycles. The molecule has 34 heavy (non-hydrogen) atoms. The Hall–Kier alpha value is -4.86. The van der Waals surface area contributed by atoms with E-state index in [4.69, 9.17) is 0 Å². The number of benzene rings is 3. The summed E-state index contributed by atoms with van der Waals surface area (Å²) in [6.45, 7) is 2.43. The lowest BCUT2D eigenvalue weighted by Crippen LogP contribution is -2.15. The largest absolute Gasteiger partial charge is 0.874 e. The highest BCUT2D eigenvalue weighted by Gasteiger charge is 2.28. The van der Waals surface area contributed by atoms with Crippen LogP contribution in [0.5, 0.6) is 0 Å². The number of nitro benzene ring substituents is 2. The van der Waals surface area contributed by atoms with Gasteiger partial charge < -0.3 is 20.8 Å². The van der Waals surface area contributed by atoms with Crippen molar-refractivity contribution >= 4 is 34.1 Å². The molecule has 0 unspecified atom stereocenters. The van der Waals surface area contributed by atoms with E-state index < -0.39 is 32.7 Å². The van der Waals surface area contributed by atoms with Gasteiger partial charge in [0, 0.05) is 22.8 Å². The van der Waals surface area contributed by atoms with E-state index in [9.17, 15) is 30.4 Å². The van der Waals surface area contributed by atoms with E-state index in [1.807, 2.05) is 0 Å². The molecule has 174 valence electrons. The first-order chi connectivity index (χ1) is 16.2. The minimum Gasteiger partial charge on any atom is -0.874 e. The highest BCUT2D eigenvalue weighted by molar-refractivity contribution is 5.89. The molecule has 0 aromatic heterocycles. The molecule has 3 aromatic rings. The average Bonchev–Trinajstić information content (AvgIpc) is 2.81. The third kappa shape index (κ3) is 5.30. The van der Waals surface area contributed by atoms with Crippen molar-refractivity contribution in [3.63, 3.8) is 0 Å². The number of nitro groups is 2. The van der Waals surface area contributed by atoms with Gasteiger partial charge in [0.15, 0.2) is 0 Å². The van der Waals surface area contributed by atoms with Crippen molar-refractivity contribution in [1.82, 2.24) is 0 Å². The number of nitrogens with one attached hydrogen (secondary N) is 2. The predicted octanol–water partition coefficient (Wildman–Crippen LogP) is 3.82. The maximum Gasteiger partial charge on any atom is 0.285 e. The molecule has 0 bridgehead atoms. The predicted molar refractivity (Wildman–Crippen MR) is 125 cm³/mol. The normalized spacial score (nSPS) is 12.3. The van der Waals surface area contributed by atoms with Gasteiger partial charge in [-0.2, -0.15) is 0 Å². The standard InChI is InChI=1S/C24H22N4O6/c1-15(29)23(25-17-9-5-3-6-10-17)19-13-20(22(28(33)34)14-21(19)27(31)32)24(16(2)30)26-18-11-7-4-8-12-18/h3-14,25-26,29-30H,1-2H3/p-2. The highest BCUT2D eigenvalue weighted by Crippen LogP contribution is 2.38. The first-order valence-electron chi connectivity index (χ1n) is 10.1. The van der Waals surface area contributed by atoms with Gasteiger partial charge in [0.05, 0.1) is 27.0 Å². The second kappa shape index (κ2) is 10.2. The molecule has 0 aliphatic heterocycles. The molecule has 10 heteroatoms. The molecule has 10 nitrogen and oxygen atoms in total. The first-order valence-corrected chi connectivity index (χ1v) is 10.1. The zero-order chi connectivity index (χ0) is 24.8. The maximum absolute atomic E-state index is 12.5. The monoisotopic (exact) mass is 460 g/mol. The summed E-state index contributed by atoms with van der Waals surface area (Å²) in [4.78, 5) is 22.0. The van der Waals surface area contributed by atoms with Crippen LogP contribution in [0.4, 0.5) is 22.7 Å². The fraction of sp³-hybridized carbons (Fsp3) is 0.0833. The van der Waals surface area contributed by atoms with Gasteiger partial charge in [-0.25, -0.2) is 0 Å². The molecule has 0 fully saturated rings. The summed E-state index contributed by atoms with van der Waals surface area (Å²) >= 11 is 0. The van der Waals surface area contributed by atoms with Crippen molar-refractivity contribution in [2.24, 2.45) is 0 Å². The minimum absolute atomic E-state index is 0.142. The first kappa shape index (κ1) is 23.8. The number of rotatable bonds is 8. The molecular formula is C24H20N4O6-2. The molecule has 0 atom stereocenters. The SMILES string of the molecule is CC([O-])=C(Nc1ccccc1)c1cc(C(Nc2ccccc2)=C(C)[O-])c([N+](=O)[O-])cc1[N+](=O)[O-]. The van der Waals surface area contributed by atoms with Crippen LogP contribution >= 0.6 is 0 Å². The Bertz CT molecular complexity index is 1180. The van der Waals surface area contributed by atoms with Crippen LogP contribution in [0.15, 0.2) is 84.3 Å². The van der Waals surface area contributed by atoms with Gasteiger partial charge in [0.25, 0.3) is 11.4 Å². The van der Waals surface area contributed by atoms with E-state index in [0.717, 1.165) is 12.1 Å². The van der Waals surface area contributed by atoms with Crippen LogP contribution in [0, 0.1) is 20.2 Å². The molecule has 0 radical (unpaired) electrons. The molecule has 0 heterocycles. The zero-order valence-electron chi connectivity index (χ0n) is 18.3. The summed E-state index contributed by atoms with van der Waals surface area (Å²) < 4.78 is 0. The smallest absolute Gasteiger partial charge is 0.285 e. The Morgan fingerprint density at radius 2 is 1.00 bits per heavy atom. The molecule has 0 saturated carbocycles.